The third kappa shape index (κ3) is 6.32. The zero-order valence-corrected chi connectivity index (χ0v) is 23.6. The van der Waals surface area contributed by atoms with Crippen LogP contribution in [0.5, 0.6) is 0 Å². The Labute approximate surface area is 238 Å². The molecule has 1 atom stereocenters. The molecular weight excluding hydrogens is 586 g/mol. The molecule has 0 spiro atoms. The van der Waals surface area contributed by atoms with Crippen molar-refractivity contribution < 1.29 is 32.7 Å². The number of thioether (sulfide) groups is 1. The van der Waals surface area contributed by atoms with E-state index in [1.807, 2.05) is 0 Å². The lowest BCUT2D eigenvalue weighted by Gasteiger charge is -2.21. The molecule has 3 heterocycles. The van der Waals surface area contributed by atoms with E-state index in [9.17, 15) is 22.8 Å². The smallest absolute Gasteiger partial charge is 0.300 e. The van der Waals surface area contributed by atoms with Crippen LogP contribution in [0.3, 0.4) is 0 Å². The molecule has 0 aromatic heterocycles. The Morgan fingerprint density at radius 3 is 2.49 bits per heavy atom. The van der Waals surface area contributed by atoms with Crippen molar-refractivity contribution in [3.8, 4) is 0 Å². The van der Waals surface area contributed by atoms with Gasteiger partial charge in [0.05, 0.1) is 33.7 Å². The van der Waals surface area contributed by atoms with Crippen molar-refractivity contribution in [2.24, 2.45) is 0 Å². The molecule has 1 unspecified atom stereocenters. The molecule has 2 fully saturated rings. The molecule has 0 aliphatic carbocycles. The van der Waals surface area contributed by atoms with E-state index in [0.717, 1.165) is 18.7 Å². The lowest BCUT2D eigenvalue weighted by molar-refractivity contribution is -0.134. The fraction of sp³-hybridized carbons (Fsp3) is 0.240. The number of benzene rings is 2. The number of hydrogen-bond donors (Lipinski definition) is 2. The maximum atomic E-state index is 13.5. The predicted molar refractivity (Wildman–Crippen MR) is 153 cm³/mol. The maximum Gasteiger partial charge on any atom is 0.300 e. The highest BCUT2D eigenvalue weighted by molar-refractivity contribution is 8.26. The van der Waals surface area contributed by atoms with Crippen LogP contribution in [0.25, 0.3) is 5.57 Å². The minimum Gasteiger partial charge on any atom is -0.481 e. The van der Waals surface area contributed by atoms with Gasteiger partial charge in [0.2, 0.25) is 5.91 Å². The average Bonchev–Trinajstić information content (AvgIpc) is 3.43. The van der Waals surface area contributed by atoms with Crippen LogP contribution in [0.4, 0.5) is 11.4 Å². The highest BCUT2D eigenvalue weighted by Gasteiger charge is 2.46. The molecule has 3 aliphatic rings. The summed E-state index contributed by atoms with van der Waals surface area (Å²) in [6.45, 7) is 0.813. The monoisotopic (exact) mass is 607 g/mol. The zero-order chi connectivity index (χ0) is 28.5. The molecule has 5 rings (SSSR count). The molecule has 2 N–H and O–H groups in total. The summed E-state index contributed by atoms with van der Waals surface area (Å²) < 4.78 is 24.1. The third-order valence-electron chi connectivity index (χ3n) is 5.93. The number of fused-ring (bicyclic) bond motifs is 1. The Kier molecular flexibility index (Phi) is 8.45. The van der Waals surface area contributed by atoms with Gasteiger partial charge >= 0.3 is 0 Å². The van der Waals surface area contributed by atoms with Crippen molar-refractivity contribution >= 4 is 90.4 Å². The van der Waals surface area contributed by atoms with Crippen molar-refractivity contribution in [2.75, 3.05) is 28.3 Å². The van der Waals surface area contributed by atoms with E-state index >= 15 is 0 Å². The summed E-state index contributed by atoms with van der Waals surface area (Å²) in [5, 5.41) is 10.6. The van der Waals surface area contributed by atoms with Gasteiger partial charge in [-0.15, -0.1) is 0 Å². The van der Waals surface area contributed by atoms with E-state index in [0.29, 0.717) is 28.4 Å². The molecule has 39 heavy (non-hydrogen) atoms. The fourth-order valence-electron chi connectivity index (χ4n) is 4.39. The first-order valence-corrected chi connectivity index (χ1v) is 15.0. The Morgan fingerprint density at radius 1 is 1.15 bits per heavy atom. The number of aliphatic carboxylic acids is 1. The van der Waals surface area contributed by atoms with Gasteiger partial charge in [0, 0.05) is 23.2 Å². The third-order valence-corrected chi connectivity index (χ3v) is 9.32. The normalized spacial score (nSPS) is 21.5. The van der Waals surface area contributed by atoms with E-state index in [2.05, 4.69) is 5.32 Å². The molecule has 2 saturated heterocycles. The van der Waals surface area contributed by atoms with E-state index in [1.54, 1.807) is 48.5 Å². The first-order chi connectivity index (χ1) is 18.4. The van der Waals surface area contributed by atoms with Crippen LogP contribution in [0.2, 0.25) is 5.02 Å². The second kappa shape index (κ2) is 11.5. The number of carbonyl (C=O) groups is 4. The first kappa shape index (κ1) is 28.7. The molecule has 10 nitrogen and oxygen atoms in total. The molecule has 2 aromatic carbocycles. The van der Waals surface area contributed by atoms with E-state index in [4.69, 9.17) is 33.7 Å². The second-order valence-corrected chi connectivity index (χ2v) is 13.1. The van der Waals surface area contributed by atoms with Gasteiger partial charge in [0.15, 0.2) is 9.84 Å². The summed E-state index contributed by atoms with van der Waals surface area (Å²) in [6.07, 6.45) is 0.303. The van der Waals surface area contributed by atoms with Crippen LogP contribution in [0, 0.1) is 0 Å². The van der Waals surface area contributed by atoms with Crippen molar-refractivity contribution in [1.82, 2.24) is 4.90 Å². The topological polar surface area (TPSA) is 141 Å². The van der Waals surface area contributed by atoms with Gasteiger partial charge in [-0.25, -0.2) is 8.42 Å². The number of hydrogen-bond acceptors (Lipinski definition) is 8. The number of sulfone groups is 1. The Morgan fingerprint density at radius 2 is 1.85 bits per heavy atom. The summed E-state index contributed by atoms with van der Waals surface area (Å²) in [4.78, 5) is 51.4. The van der Waals surface area contributed by atoms with Crippen LogP contribution in [-0.2, 0) is 29.0 Å². The molecule has 3 amide bonds. The summed E-state index contributed by atoms with van der Waals surface area (Å²) in [6, 6.07) is 13.0. The number of carbonyl (C=O) groups excluding carboxylic acids is 3. The number of anilines is 2. The molecule has 0 bridgehead atoms. The predicted octanol–water partition coefficient (Wildman–Crippen LogP) is 3.17. The van der Waals surface area contributed by atoms with Crippen LogP contribution >= 0.6 is 35.6 Å². The lowest BCUT2D eigenvalue weighted by Crippen LogP contribution is -2.39. The molecule has 2 aromatic rings. The van der Waals surface area contributed by atoms with Gasteiger partial charge in [-0.05, 0) is 30.7 Å². The molecule has 14 heteroatoms. The number of halogens is 1. The SMILES string of the molecule is CC(=O)O.O=C(CN1C(=O)/C(=C2\SC(=S)N(C3CCS(=O)(=O)C3)C2=O)c2ccccc21)Nc1cccc(Cl)c1. The van der Waals surface area contributed by atoms with Gasteiger partial charge in [0.1, 0.15) is 10.9 Å². The number of carboxylic acids is 1. The number of rotatable bonds is 4. The van der Waals surface area contributed by atoms with Crippen LogP contribution in [0.15, 0.2) is 53.4 Å². The lowest BCUT2D eigenvalue weighted by atomic mass is 10.1. The van der Waals surface area contributed by atoms with Gasteiger partial charge < -0.3 is 10.4 Å². The standard InChI is InChI=1S/C23H18ClN3O5S3.C2H4O2/c24-13-4-3-5-14(10-13)25-18(28)11-26-17-7-2-1-6-16(17)19(21(26)29)20-22(30)27(23(33)34-20)15-8-9-35(31,32)12-15;1-2(3)4/h1-7,10,15H,8-9,11-12H2,(H,25,28);1H3,(H,3,4)/b20-19-;. The minimum absolute atomic E-state index is 0.00207. The number of nitrogens with one attached hydrogen (secondary N) is 1. The second-order valence-electron chi connectivity index (χ2n) is 8.79. The minimum atomic E-state index is -3.23. The van der Waals surface area contributed by atoms with Crippen LogP contribution < -0.4 is 10.2 Å². The Balaban J connectivity index is 0.000000826. The van der Waals surface area contributed by atoms with Crippen LogP contribution in [0.1, 0.15) is 18.9 Å². The van der Waals surface area contributed by atoms with E-state index in [-0.39, 0.29) is 32.8 Å². The Hall–Kier alpha value is -3.26. The zero-order valence-electron chi connectivity index (χ0n) is 20.4. The van der Waals surface area contributed by atoms with E-state index < -0.39 is 39.6 Å². The highest BCUT2D eigenvalue weighted by atomic mass is 35.5. The number of para-hydroxylation sites is 1. The quantitative estimate of drug-likeness (QED) is 0.396. The number of nitrogens with zero attached hydrogens (tertiary/aromatic N) is 2. The largest absolute Gasteiger partial charge is 0.481 e. The van der Waals surface area contributed by atoms with Crippen LogP contribution in [-0.4, -0.2) is 70.5 Å². The summed E-state index contributed by atoms with van der Waals surface area (Å²) in [5.74, 6) is -2.39. The summed E-state index contributed by atoms with van der Waals surface area (Å²) in [7, 11) is -3.23. The fourth-order valence-corrected chi connectivity index (χ4v) is 7.75. The molecular formula is C25H22ClN3O7S3. The Bertz CT molecular complexity index is 1540. The number of thiocarbonyl (C=S) groups is 1. The van der Waals surface area contributed by atoms with Gasteiger partial charge in [-0.3, -0.25) is 29.0 Å². The number of carboxylic acid groups (broad SMARTS) is 1. The maximum absolute atomic E-state index is 13.5. The molecule has 3 aliphatic heterocycles. The molecule has 0 saturated carbocycles. The van der Waals surface area contributed by atoms with Crippen molar-refractivity contribution in [3.05, 3.63) is 64.0 Å². The van der Waals surface area contributed by atoms with Crippen molar-refractivity contribution in [2.45, 2.75) is 19.4 Å². The van der Waals surface area contributed by atoms with Gasteiger partial charge in [-0.2, -0.15) is 0 Å². The van der Waals surface area contributed by atoms with Crippen molar-refractivity contribution in [3.63, 3.8) is 0 Å². The highest BCUT2D eigenvalue weighted by Crippen LogP contribution is 2.45. The average molecular weight is 608 g/mol. The summed E-state index contributed by atoms with van der Waals surface area (Å²) >= 11 is 12.4. The summed E-state index contributed by atoms with van der Waals surface area (Å²) in [5.41, 5.74) is 1.68. The first-order valence-electron chi connectivity index (χ1n) is 11.5. The number of amides is 3. The molecule has 0 radical (unpaired) electrons. The molecule has 204 valence electrons. The van der Waals surface area contributed by atoms with Gasteiger partial charge in [-0.1, -0.05) is 59.8 Å². The van der Waals surface area contributed by atoms with Crippen molar-refractivity contribution in [1.29, 1.82) is 0 Å². The van der Waals surface area contributed by atoms with E-state index in [1.165, 1.54) is 9.80 Å². The van der Waals surface area contributed by atoms with Gasteiger partial charge in [0.25, 0.3) is 17.8 Å².